The van der Waals surface area contributed by atoms with Gasteiger partial charge in [-0.15, -0.1) is 5.10 Å². The number of anilines is 2. The van der Waals surface area contributed by atoms with E-state index in [0.29, 0.717) is 0 Å². The zero-order valence-corrected chi connectivity index (χ0v) is 10.5. The number of pyridine rings is 1. The molecular weight excluding hydrogens is 258 g/mol. The van der Waals surface area contributed by atoms with Gasteiger partial charge in [-0.25, -0.2) is 18.1 Å². The second-order valence-corrected chi connectivity index (χ2v) is 4.96. The van der Waals surface area contributed by atoms with Crippen molar-refractivity contribution in [3.8, 4) is 0 Å². The van der Waals surface area contributed by atoms with Crippen LogP contribution in [0.2, 0.25) is 0 Å². The van der Waals surface area contributed by atoms with Crippen molar-refractivity contribution in [2.75, 3.05) is 17.1 Å². The van der Waals surface area contributed by atoms with Crippen molar-refractivity contribution in [2.45, 2.75) is 4.90 Å². The highest BCUT2D eigenvalue weighted by Gasteiger charge is 2.20. The van der Waals surface area contributed by atoms with Crippen LogP contribution in [0.5, 0.6) is 0 Å². The van der Waals surface area contributed by atoms with Gasteiger partial charge in [-0.05, 0) is 17.3 Å². The van der Waals surface area contributed by atoms with Crippen molar-refractivity contribution in [3.63, 3.8) is 0 Å². The molecule has 9 nitrogen and oxygen atoms in total. The van der Waals surface area contributed by atoms with Gasteiger partial charge in [0.1, 0.15) is 10.7 Å². The van der Waals surface area contributed by atoms with Crippen LogP contribution in [0.25, 0.3) is 0 Å². The van der Waals surface area contributed by atoms with Crippen molar-refractivity contribution in [1.82, 2.24) is 25.2 Å². The lowest BCUT2D eigenvalue weighted by Gasteiger charge is -2.08. The molecule has 2 N–H and O–H groups in total. The predicted molar refractivity (Wildman–Crippen MR) is 63.4 cm³/mol. The number of tetrazole rings is 1. The fraction of sp³-hybridized carbons (Fsp3) is 0.250. The summed E-state index contributed by atoms with van der Waals surface area (Å²) >= 11 is 0. The molecule has 2 aromatic heterocycles. The first-order chi connectivity index (χ1) is 8.53. The maximum Gasteiger partial charge on any atom is 0.277 e. The summed E-state index contributed by atoms with van der Waals surface area (Å²) in [6, 6.07) is 2.96. The molecule has 0 unspecified atom stereocenters. The number of nitrogens with one attached hydrogen (secondary N) is 2. The van der Waals surface area contributed by atoms with E-state index >= 15 is 0 Å². The van der Waals surface area contributed by atoms with Crippen molar-refractivity contribution < 1.29 is 8.42 Å². The zero-order chi connectivity index (χ0) is 13.2. The highest BCUT2D eigenvalue weighted by molar-refractivity contribution is 7.92. The van der Waals surface area contributed by atoms with Crippen LogP contribution in [-0.2, 0) is 17.1 Å². The van der Waals surface area contributed by atoms with E-state index in [2.05, 4.69) is 30.4 Å². The second kappa shape index (κ2) is 4.56. The van der Waals surface area contributed by atoms with Gasteiger partial charge in [-0.2, -0.15) is 4.80 Å². The normalized spacial score (nSPS) is 11.2. The van der Waals surface area contributed by atoms with Gasteiger partial charge in [0.05, 0.1) is 7.05 Å². The lowest BCUT2D eigenvalue weighted by atomic mass is 10.5. The van der Waals surface area contributed by atoms with E-state index in [-0.39, 0.29) is 16.7 Å². The lowest BCUT2D eigenvalue weighted by molar-refractivity contribution is 0.600. The minimum atomic E-state index is -3.80. The first-order valence-corrected chi connectivity index (χ1v) is 6.41. The third-order valence-corrected chi connectivity index (χ3v) is 3.39. The summed E-state index contributed by atoms with van der Waals surface area (Å²) in [6.45, 7) is 0. The third-order valence-electron chi connectivity index (χ3n) is 2.03. The van der Waals surface area contributed by atoms with Gasteiger partial charge in [-0.1, -0.05) is 5.10 Å². The van der Waals surface area contributed by atoms with Crippen LogP contribution >= 0.6 is 0 Å². The molecule has 2 rings (SSSR count). The molecule has 0 aliphatic heterocycles. The predicted octanol–water partition coefficient (Wildman–Crippen LogP) is -0.552. The number of aromatic nitrogens is 5. The molecule has 0 saturated heterocycles. The molecule has 10 heteroatoms. The van der Waals surface area contributed by atoms with Crippen LogP contribution in [0.3, 0.4) is 0 Å². The smallest absolute Gasteiger partial charge is 0.277 e. The fourth-order valence-electron chi connectivity index (χ4n) is 1.30. The molecule has 2 aromatic rings. The van der Waals surface area contributed by atoms with E-state index in [1.54, 1.807) is 7.05 Å². The Bertz CT molecular complexity index is 651. The van der Waals surface area contributed by atoms with Crippen LogP contribution in [0, 0.1) is 0 Å². The molecule has 0 aliphatic carbocycles. The van der Waals surface area contributed by atoms with Gasteiger partial charge >= 0.3 is 0 Å². The summed E-state index contributed by atoms with van der Waals surface area (Å²) in [4.78, 5) is 5.09. The topological polar surface area (TPSA) is 115 Å². The van der Waals surface area contributed by atoms with E-state index in [4.69, 9.17) is 0 Å². The highest BCUT2D eigenvalue weighted by Crippen LogP contribution is 2.19. The Balaban J connectivity index is 2.36. The molecule has 2 heterocycles. The number of rotatable bonds is 4. The standard InChI is InChI=1S/C8H11N7O2S/c1-9-7-6(4-3-5-10-7)18(16,17)13-8-11-14-15(2)12-8/h3-5H,1-2H3,(H,9,10)(H,12,13). The SMILES string of the molecule is CNc1ncccc1S(=O)(=O)Nc1nnn(C)n1. The quantitative estimate of drug-likeness (QED) is 0.765. The number of hydrogen-bond donors (Lipinski definition) is 2. The zero-order valence-electron chi connectivity index (χ0n) is 9.69. The van der Waals surface area contributed by atoms with Gasteiger partial charge in [-0.3, -0.25) is 0 Å². The summed E-state index contributed by atoms with van der Waals surface area (Å²) in [6.07, 6.45) is 1.49. The molecule has 0 radical (unpaired) electrons. The van der Waals surface area contributed by atoms with Gasteiger partial charge in [0, 0.05) is 13.2 Å². The molecule has 18 heavy (non-hydrogen) atoms. The van der Waals surface area contributed by atoms with E-state index in [1.165, 1.54) is 25.4 Å². The number of aryl methyl sites for hydroxylation is 1. The molecular formula is C8H11N7O2S. The Labute approximate surface area is 103 Å². The number of hydrogen-bond acceptors (Lipinski definition) is 7. The Morgan fingerprint density at radius 1 is 1.39 bits per heavy atom. The molecule has 0 fully saturated rings. The van der Waals surface area contributed by atoms with E-state index in [1.807, 2.05) is 0 Å². The summed E-state index contributed by atoms with van der Waals surface area (Å²) < 4.78 is 26.4. The number of nitrogens with zero attached hydrogens (tertiary/aromatic N) is 5. The maximum absolute atomic E-state index is 12.1. The van der Waals surface area contributed by atoms with E-state index in [9.17, 15) is 8.42 Å². The Morgan fingerprint density at radius 2 is 2.17 bits per heavy atom. The molecule has 0 aliphatic rings. The van der Waals surface area contributed by atoms with Crippen molar-refractivity contribution in [1.29, 1.82) is 0 Å². The molecule has 0 spiro atoms. The van der Waals surface area contributed by atoms with Crippen molar-refractivity contribution in [3.05, 3.63) is 18.3 Å². The second-order valence-electron chi connectivity index (χ2n) is 3.31. The largest absolute Gasteiger partial charge is 0.372 e. The summed E-state index contributed by atoms with van der Waals surface area (Å²) in [5.41, 5.74) is 0. The summed E-state index contributed by atoms with van der Waals surface area (Å²) in [5, 5.41) is 13.5. The van der Waals surface area contributed by atoms with Crippen molar-refractivity contribution in [2.24, 2.45) is 7.05 Å². The first kappa shape index (κ1) is 12.2. The average molecular weight is 269 g/mol. The monoisotopic (exact) mass is 269 g/mol. The minimum Gasteiger partial charge on any atom is -0.372 e. The van der Waals surface area contributed by atoms with Crippen LogP contribution in [0.1, 0.15) is 0 Å². The van der Waals surface area contributed by atoms with Gasteiger partial charge in [0.15, 0.2) is 0 Å². The first-order valence-electron chi connectivity index (χ1n) is 4.92. The van der Waals surface area contributed by atoms with Crippen LogP contribution < -0.4 is 10.0 Å². The molecule has 96 valence electrons. The highest BCUT2D eigenvalue weighted by atomic mass is 32.2. The molecule has 0 aromatic carbocycles. The fourth-order valence-corrected chi connectivity index (χ4v) is 2.39. The maximum atomic E-state index is 12.1. The van der Waals surface area contributed by atoms with Crippen molar-refractivity contribution >= 4 is 21.8 Å². The summed E-state index contributed by atoms with van der Waals surface area (Å²) in [7, 11) is -0.675. The van der Waals surface area contributed by atoms with Crippen LogP contribution in [0.15, 0.2) is 23.2 Å². The Hall–Kier alpha value is -2.23. The molecule has 0 saturated carbocycles. The Morgan fingerprint density at radius 3 is 2.78 bits per heavy atom. The van der Waals surface area contributed by atoms with Gasteiger partial charge in [0.2, 0.25) is 0 Å². The van der Waals surface area contributed by atoms with Crippen LogP contribution in [0.4, 0.5) is 11.8 Å². The van der Waals surface area contributed by atoms with Crippen LogP contribution in [-0.4, -0.2) is 40.7 Å². The average Bonchev–Trinajstić information content (AvgIpc) is 2.74. The van der Waals surface area contributed by atoms with E-state index < -0.39 is 10.0 Å². The van der Waals surface area contributed by atoms with Gasteiger partial charge < -0.3 is 5.32 Å². The Kier molecular flexibility index (Phi) is 3.10. The molecule has 0 bridgehead atoms. The molecule has 0 amide bonds. The molecule has 0 atom stereocenters. The number of sulfonamides is 1. The minimum absolute atomic E-state index is 0.0138. The summed E-state index contributed by atoms with van der Waals surface area (Å²) in [5.74, 6) is 0.150. The van der Waals surface area contributed by atoms with Gasteiger partial charge in [0.25, 0.3) is 16.0 Å². The lowest BCUT2D eigenvalue weighted by Crippen LogP contribution is -2.16. The van der Waals surface area contributed by atoms with E-state index in [0.717, 1.165) is 4.80 Å². The third kappa shape index (κ3) is 2.37.